The predicted molar refractivity (Wildman–Crippen MR) is 84.4 cm³/mol. The second-order valence-electron chi connectivity index (χ2n) is 4.43. The first-order chi connectivity index (χ1) is 10.7. The van der Waals surface area contributed by atoms with E-state index in [1.54, 1.807) is 42.5 Å². The van der Waals surface area contributed by atoms with Crippen LogP contribution in [0.2, 0.25) is 0 Å². The van der Waals surface area contributed by atoms with Crippen molar-refractivity contribution in [3.05, 3.63) is 60.4 Å². The number of methoxy groups -OCH3 is 2. The van der Waals surface area contributed by atoms with Gasteiger partial charge in [-0.05, 0) is 18.2 Å². The lowest BCUT2D eigenvalue weighted by atomic mass is 10.1. The van der Waals surface area contributed by atoms with Crippen molar-refractivity contribution in [1.82, 2.24) is 0 Å². The average Bonchev–Trinajstić information content (AvgIpc) is 2.53. The van der Waals surface area contributed by atoms with Crippen molar-refractivity contribution in [3.8, 4) is 11.5 Å². The summed E-state index contributed by atoms with van der Waals surface area (Å²) in [6.45, 7) is 0. The van der Waals surface area contributed by atoms with Crippen LogP contribution < -0.4 is 10.5 Å². The van der Waals surface area contributed by atoms with E-state index in [2.05, 4.69) is 0 Å². The van der Waals surface area contributed by atoms with Crippen LogP contribution in [-0.4, -0.2) is 20.2 Å². The quantitative estimate of drug-likeness (QED) is 0.397. The summed E-state index contributed by atoms with van der Waals surface area (Å²) in [5, 5.41) is 0. The van der Waals surface area contributed by atoms with Crippen molar-refractivity contribution in [3.63, 3.8) is 0 Å². The summed E-state index contributed by atoms with van der Waals surface area (Å²) in [5.41, 5.74) is 7.17. The van der Waals surface area contributed by atoms with Crippen LogP contribution >= 0.6 is 0 Å². The van der Waals surface area contributed by atoms with Gasteiger partial charge in [-0.1, -0.05) is 24.3 Å². The molecule has 22 heavy (non-hydrogen) atoms. The van der Waals surface area contributed by atoms with Crippen molar-refractivity contribution in [1.29, 1.82) is 0 Å². The molecule has 0 unspecified atom stereocenters. The van der Waals surface area contributed by atoms with E-state index in [4.69, 9.17) is 19.9 Å². The largest absolute Gasteiger partial charge is 0.503 e. The Morgan fingerprint density at radius 1 is 1.09 bits per heavy atom. The maximum absolute atomic E-state index is 11.9. The number of carbonyl (C=O) groups excluding carboxylic acids is 1. The van der Waals surface area contributed by atoms with Gasteiger partial charge in [0.15, 0.2) is 0 Å². The number of hydrogen-bond donors (Lipinski definition) is 1. The number of ether oxygens (including phenoxy) is 3. The molecule has 0 bridgehead atoms. The van der Waals surface area contributed by atoms with Gasteiger partial charge in [0.25, 0.3) is 0 Å². The second-order valence-corrected chi connectivity index (χ2v) is 4.43. The summed E-state index contributed by atoms with van der Waals surface area (Å²) in [6, 6.07) is 14.2. The van der Waals surface area contributed by atoms with E-state index >= 15 is 0 Å². The van der Waals surface area contributed by atoms with Gasteiger partial charge in [-0.2, -0.15) is 0 Å². The molecule has 0 spiro atoms. The highest BCUT2D eigenvalue weighted by Crippen LogP contribution is 2.31. The first kappa shape index (κ1) is 15.4. The third kappa shape index (κ3) is 3.58. The van der Waals surface area contributed by atoms with Crippen LogP contribution in [0.1, 0.15) is 5.56 Å². The summed E-state index contributed by atoms with van der Waals surface area (Å²) >= 11 is 0. The molecule has 5 heteroatoms. The summed E-state index contributed by atoms with van der Waals surface area (Å²) in [7, 11) is 2.78. The lowest BCUT2D eigenvalue weighted by molar-refractivity contribution is -0.133. The molecule has 2 aromatic rings. The minimum Gasteiger partial charge on any atom is -0.503 e. The molecule has 5 nitrogen and oxygen atoms in total. The molecule has 0 radical (unpaired) electrons. The highest BCUT2D eigenvalue weighted by atomic mass is 16.5. The first-order valence-electron chi connectivity index (χ1n) is 6.59. The average molecular weight is 299 g/mol. The lowest BCUT2D eigenvalue weighted by Crippen LogP contribution is -2.05. The predicted octanol–water partition coefficient (Wildman–Crippen LogP) is 3.22. The van der Waals surface area contributed by atoms with Gasteiger partial charge in [-0.15, -0.1) is 0 Å². The monoisotopic (exact) mass is 299 g/mol. The van der Waals surface area contributed by atoms with Crippen molar-refractivity contribution in [2.45, 2.75) is 0 Å². The number of carbonyl (C=O) groups is 1. The van der Waals surface area contributed by atoms with Crippen molar-refractivity contribution < 1.29 is 19.0 Å². The van der Waals surface area contributed by atoms with E-state index in [0.29, 0.717) is 22.7 Å². The molecule has 0 atom stereocenters. The minimum absolute atomic E-state index is 0.268. The third-order valence-corrected chi connectivity index (χ3v) is 2.90. The summed E-state index contributed by atoms with van der Waals surface area (Å²) in [6.07, 6.45) is 1.33. The molecule has 0 aliphatic carbocycles. The van der Waals surface area contributed by atoms with Crippen molar-refractivity contribution in [2.24, 2.45) is 0 Å². The smallest absolute Gasteiger partial charge is 0.341 e. The Bertz CT molecular complexity index is 695. The molecule has 114 valence electrons. The molecular formula is C17H17NO4. The highest BCUT2D eigenvalue weighted by molar-refractivity contribution is 6.17. The standard InChI is InChI=1S/C17H17NO4/c1-20-11-15(17(19)21-2)14-8-3-4-9-16(14)22-13-7-5-6-12(18)10-13/h3-11H,18H2,1-2H3. The molecule has 0 heterocycles. The van der Waals surface area contributed by atoms with Gasteiger partial charge in [0.1, 0.15) is 17.1 Å². The van der Waals surface area contributed by atoms with Gasteiger partial charge in [0, 0.05) is 17.3 Å². The van der Waals surface area contributed by atoms with Crippen LogP contribution in [0.4, 0.5) is 5.69 Å². The fourth-order valence-electron chi connectivity index (χ4n) is 1.93. The first-order valence-corrected chi connectivity index (χ1v) is 6.59. The van der Waals surface area contributed by atoms with E-state index in [1.165, 1.54) is 20.5 Å². The zero-order chi connectivity index (χ0) is 15.9. The summed E-state index contributed by atoms with van der Waals surface area (Å²) in [4.78, 5) is 11.9. The number of anilines is 1. The Morgan fingerprint density at radius 2 is 1.86 bits per heavy atom. The Hall–Kier alpha value is -2.95. The molecule has 0 aliphatic rings. The number of rotatable bonds is 5. The number of benzene rings is 2. The highest BCUT2D eigenvalue weighted by Gasteiger charge is 2.17. The van der Waals surface area contributed by atoms with Gasteiger partial charge in [-0.25, -0.2) is 4.79 Å². The zero-order valence-corrected chi connectivity index (χ0v) is 12.4. The van der Waals surface area contributed by atoms with E-state index in [0.717, 1.165) is 0 Å². The maximum Gasteiger partial charge on any atom is 0.341 e. The minimum atomic E-state index is -0.509. The van der Waals surface area contributed by atoms with Gasteiger partial charge < -0.3 is 19.9 Å². The molecule has 0 aliphatic heterocycles. The normalized spacial score (nSPS) is 10.9. The number of hydrogen-bond acceptors (Lipinski definition) is 5. The van der Waals surface area contributed by atoms with Crippen LogP contribution in [0.3, 0.4) is 0 Å². The van der Waals surface area contributed by atoms with Gasteiger partial charge >= 0.3 is 5.97 Å². The Labute approximate surface area is 128 Å². The molecule has 0 fully saturated rings. The Kier molecular flexibility index (Phi) is 5.03. The molecule has 2 N–H and O–H groups in total. The molecule has 0 saturated heterocycles. The van der Waals surface area contributed by atoms with Gasteiger partial charge in [-0.3, -0.25) is 0 Å². The fourth-order valence-corrected chi connectivity index (χ4v) is 1.93. The lowest BCUT2D eigenvalue weighted by Gasteiger charge is -2.12. The van der Waals surface area contributed by atoms with Crippen LogP contribution in [0.5, 0.6) is 11.5 Å². The SMILES string of the molecule is COC=C(C(=O)OC)c1ccccc1Oc1cccc(N)c1. The second kappa shape index (κ2) is 7.17. The van der Waals surface area contributed by atoms with E-state index in [1.807, 2.05) is 6.07 Å². The van der Waals surface area contributed by atoms with Crippen molar-refractivity contribution >= 4 is 17.2 Å². The molecular weight excluding hydrogens is 282 g/mol. The summed E-state index contributed by atoms with van der Waals surface area (Å²) < 4.78 is 15.6. The fraction of sp³-hybridized carbons (Fsp3) is 0.118. The maximum atomic E-state index is 11.9. The molecule has 0 saturated carbocycles. The Balaban J connectivity index is 2.41. The third-order valence-electron chi connectivity index (χ3n) is 2.90. The molecule has 0 aromatic heterocycles. The topological polar surface area (TPSA) is 70.8 Å². The van der Waals surface area contributed by atoms with Crippen LogP contribution in [-0.2, 0) is 14.3 Å². The molecule has 0 amide bonds. The van der Waals surface area contributed by atoms with Crippen LogP contribution in [0, 0.1) is 0 Å². The van der Waals surface area contributed by atoms with Crippen LogP contribution in [0.25, 0.3) is 5.57 Å². The molecule has 2 aromatic carbocycles. The summed E-state index contributed by atoms with van der Waals surface area (Å²) in [5.74, 6) is 0.571. The number of esters is 1. The molecule has 2 rings (SSSR count). The van der Waals surface area contributed by atoms with Gasteiger partial charge in [0.2, 0.25) is 0 Å². The van der Waals surface area contributed by atoms with Crippen LogP contribution in [0.15, 0.2) is 54.8 Å². The van der Waals surface area contributed by atoms with Gasteiger partial charge in [0.05, 0.1) is 20.5 Å². The van der Waals surface area contributed by atoms with Crippen molar-refractivity contribution in [2.75, 3.05) is 20.0 Å². The van der Waals surface area contributed by atoms with E-state index in [9.17, 15) is 4.79 Å². The van der Waals surface area contributed by atoms with E-state index < -0.39 is 5.97 Å². The Morgan fingerprint density at radius 3 is 2.55 bits per heavy atom. The zero-order valence-electron chi connectivity index (χ0n) is 12.4. The number of nitrogen functional groups attached to an aromatic ring is 1. The number of nitrogens with two attached hydrogens (primary N) is 1. The number of para-hydroxylation sites is 1. The van der Waals surface area contributed by atoms with E-state index in [-0.39, 0.29) is 5.57 Å².